The minimum atomic E-state index is -0.828. The molecular weight excluding hydrogens is 278 g/mol. The summed E-state index contributed by atoms with van der Waals surface area (Å²) in [5.74, 6) is -0.581. The van der Waals surface area contributed by atoms with Crippen molar-refractivity contribution >= 4 is 11.9 Å². The number of aliphatic carboxylic acids is 1. The van der Waals surface area contributed by atoms with E-state index >= 15 is 0 Å². The Kier molecular flexibility index (Phi) is 3.94. The van der Waals surface area contributed by atoms with Crippen molar-refractivity contribution in [1.29, 1.82) is 0 Å². The van der Waals surface area contributed by atoms with Crippen molar-refractivity contribution in [1.82, 2.24) is 5.32 Å². The maximum atomic E-state index is 12.4. The molecule has 4 heteroatoms. The summed E-state index contributed by atoms with van der Waals surface area (Å²) in [6, 6.07) is 8.22. The molecule has 0 bridgehead atoms. The molecule has 0 heterocycles. The lowest BCUT2D eigenvalue weighted by molar-refractivity contribution is -0.157. The molecule has 1 saturated carbocycles. The second-order valence-corrected chi connectivity index (χ2v) is 6.88. The molecule has 0 aliphatic heterocycles. The van der Waals surface area contributed by atoms with Gasteiger partial charge in [0.05, 0.1) is 11.5 Å². The first-order valence-electron chi connectivity index (χ1n) is 8.12. The van der Waals surface area contributed by atoms with Gasteiger partial charge >= 0.3 is 5.97 Å². The number of amides is 1. The predicted molar refractivity (Wildman–Crippen MR) is 83.3 cm³/mol. The summed E-state index contributed by atoms with van der Waals surface area (Å²) in [6.07, 6.45) is 4.34. The maximum Gasteiger partial charge on any atom is 0.310 e. The average Bonchev–Trinajstić information content (AvgIpc) is 2.45. The van der Waals surface area contributed by atoms with Crippen LogP contribution in [0.3, 0.4) is 0 Å². The Morgan fingerprint density at radius 2 is 2.05 bits per heavy atom. The van der Waals surface area contributed by atoms with Gasteiger partial charge in [0.25, 0.3) is 0 Å². The van der Waals surface area contributed by atoms with Gasteiger partial charge in [-0.15, -0.1) is 0 Å². The fourth-order valence-corrected chi connectivity index (χ4v) is 3.74. The van der Waals surface area contributed by atoms with Crippen LogP contribution in [-0.2, 0) is 16.0 Å². The van der Waals surface area contributed by atoms with E-state index in [1.807, 2.05) is 12.1 Å². The van der Waals surface area contributed by atoms with E-state index in [9.17, 15) is 14.7 Å². The van der Waals surface area contributed by atoms with E-state index in [2.05, 4.69) is 24.4 Å². The van der Waals surface area contributed by atoms with Gasteiger partial charge in [0.15, 0.2) is 0 Å². The molecule has 2 N–H and O–H groups in total. The Labute approximate surface area is 130 Å². The topological polar surface area (TPSA) is 66.4 Å². The van der Waals surface area contributed by atoms with Gasteiger partial charge in [-0.3, -0.25) is 9.59 Å². The van der Waals surface area contributed by atoms with Crippen LogP contribution in [0.25, 0.3) is 0 Å². The first-order valence-corrected chi connectivity index (χ1v) is 8.12. The normalized spacial score (nSPS) is 25.7. The Balaban J connectivity index is 1.72. The van der Waals surface area contributed by atoms with Crippen molar-refractivity contribution in [3.05, 3.63) is 35.4 Å². The molecule has 1 aromatic rings. The molecule has 2 unspecified atom stereocenters. The van der Waals surface area contributed by atoms with Crippen LogP contribution in [0, 0.1) is 11.3 Å². The Morgan fingerprint density at radius 1 is 1.32 bits per heavy atom. The van der Waals surface area contributed by atoms with E-state index in [-0.39, 0.29) is 18.4 Å². The van der Waals surface area contributed by atoms with Crippen LogP contribution in [-0.4, -0.2) is 17.0 Å². The van der Waals surface area contributed by atoms with Crippen molar-refractivity contribution in [3.63, 3.8) is 0 Å². The molecule has 4 nitrogen and oxygen atoms in total. The highest BCUT2D eigenvalue weighted by atomic mass is 16.4. The molecule has 22 heavy (non-hydrogen) atoms. The predicted octanol–water partition coefficient (Wildman–Crippen LogP) is 3.07. The van der Waals surface area contributed by atoms with E-state index in [0.29, 0.717) is 18.8 Å². The molecule has 3 rings (SSSR count). The van der Waals surface area contributed by atoms with Crippen molar-refractivity contribution < 1.29 is 14.7 Å². The molecule has 0 radical (unpaired) electrons. The highest BCUT2D eigenvalue weighted by molar-refractivity contribution is 5.85. The lowest BCUT2D eigenvalue weighted by atomic mass is 9.66. The zero-order valence-electron chi connectivity index (χ0n) is 13.0. The summed E-state index contributed by atoms with van der Waals surface area (Å²) >= 11 is 0. The van der Waals surface area contributed by atoms with Crippen molar-refractivity contribution in [2.75, 3.05) is 0 Å². The van der Waals surface area contributed by atoms with Gasteiger partial charge in [0.2, 0.25) is 5.91 Å². The zero-order valence-corrected chi connectivity index (χ0v) is 13.0. The average molecular weight is 301 g/mol. The number of aryl methyl sites for hydroxylation is 1. The number of benzene rings is 1. The lowest BCUT2D eigenvalue weighted by Gasteiger charge is -2.38. The molecule has 118 valence electrons. The second kappa shape index (κ2) is 5.75. The van der Waals surface area contributed by atoms with Gasteiger partial charge in [-0.05, 0) is 42.7 Å². The molecule has 0 saturated heterocycles. The fraction of sp³-hybridized carbons (Fsp3) is 0.556. The lowest BCUT2D eigenvalue weighted by Crippen LogP contribution is -2.44. The smallest absolute Gasteiger partial charge is 0.310 e. The largest absolute Gasteiger partial charge is 0.481 e. The van der Waals surface area contributed by atoms with Crippen molar-refractivity contribution in [3.8, 4) is 0 Å². The van der Waals surface area contributed by atoms with Gasteiger partial charge in [0.1, 0.15) is 0 Å². The molecule has 1 amide bonds. The summed E-state index contributed by atoms with van der Waals surface area (Å²) < 4.78 is 0. The van der Waals surface area contributed by atoms with Gasteiger partial charge in [-0.25, -0.2) is 0 Å². The third-order valence-electron chi connectivity index (χ3n) is 5.41. The standard InChI is InChI=1S/C18H23NO3/c1-12-7-8-13-5-2-3-6-14(13)16(12)19-15(20)11-18(17(21)22)9-4-10-18/h2-3,5-6,12,16H,4,7-11H2,1H3,(H,19,20)(H,21,22). The number of hydrogen-bond acceptors (Lipinski definition) is 2. The molecule has 1 fully saturated rings. The first kappa shape index (κ1) is 15.1. The third kappa shape index (κ3) is 2.62. The van der Waals surface area contributed by atoms with E-state index in [4.69, 9.17) is 0 Å². The highest BCUT2D eigenvalue weighted by Gasteiger charge is 2.46. The van der Waals surface area contributed by atoms with Gasteiger partial charge < -0.3 is 10.4 Å². The zero-order chi connectivity index (χ0) is 15.7. The number of fused-ring (bicyclic) bond motifs is 1. The Morgan fingerprint density at radius 3 is 2.68 bits per heavy atom. The van der Waals surface area contributed by atoms with Gasteiger partial charge in [0, 0.05) is 6.42 Å². The Hall–Kier alpha value is -1.84. The van der Waals surface area contributed by atoms with E-state index in [1.54, 1.807) is 0 Å². The molecule has 2 aliphatic rings. The quantitative estimate of drug-likeness (QED) is 0.898. The van der Waals surface area contributed by atoms with Crippen LogP contribution in [0.15, 0.2) is 24.3 Å². The second-order valence-electron chi connectivity index (χ2n) is 6.88. The van der Waals surface area contributed by atoms with Crippen LogP contribution >= 0.6 is 0 Å². The number of carbonyl (C=O) groups excluding carboxylic acids is 1. The first-order chi connectivity index (χ1) is 10.5. The van der Waals surface area contributed by atoms with E-state index in [0.717, 1.165) is 19.3 Å². The summed E-state index contributed by atoms with van der Waals surface area (Å²) in [7, 11) is 0. The molecule has 2 aliphatic carbocycles. The van der Waals surface area contributed by atoms with Crippen LogP contribution in [0.2, 0.25) is 0 Å². The van der Waals surface area contributed by atoms with Crippen molar-refractivity contribution in [2.45, 2.75) is 51.5 Å². The highest BCUT2D eigenvalue weighted by Crippen LogP contribution is 2.44. The van der Waals surface area contributed by atoms with Crippen LogP contribution in [0.5, 0.6) is 0 Å². The maximum absolute atomic E-state index is 12.4. The Bertz CT molecular complexity index is 592. The number of hydrogen-bond donors (Lipinski definition) is 2. The SMILES string of the molecule is CC1CCc2ccccc2C1NC(=O)CC1(C(=O)O)CCC1. The number of rotatable bonds is 4. The summed E-state index contributed by atoms with van der Waals surface area (Å²) in [5, 5.41) is 12.5. The molecular formula is C18H23NO3. The van der Waals surface area contributed by atoms with Gasteiger partial charge in [-0.2, -0.15) is 0 Å². The summed E-state index contributed by atoms with van der Waals surface area (Å²) in [6.45, 7) is 2.15. The van der Waals surface area contributed by atoms with Crippen LogP contribution in [0.4, 0.5) is 0 Å². The number of nitrogens with one attached hydrogen (secondary N) is 1. The molecule has 0 spiro atoms. The van der Waals surface area contributed by atoms with Crippen molar-refractivity contribution in [2.24, 2.45) is 11.3 Å². The van der Waals surface area contributed by atoms with E-state index in [1.165, 1.54) is 11.1 Å². The molecule has 2 atom stereocenters. The number of carbonyl (C=O) groups is 2. The minimum Gasteiger partial charge on any atom is -0.481 e. The fourth-order valence-electron chi connectivity index (χ4n) is 3.74. The number of carboxylic acids is 1. The summed E-state index contributed by atoms with van der Waals surface area (Å²) in [4.78, 5) is 23.8. The summed E-state index contributed by atoms with van der Waals surface area (Å²) in [5.41, 5.74) is 1.66. The third-order valence-corrected chi connectivity index (χ3v) is 5.41. The van der Waals surface area contributed by atoms with Gasteiger partial charge in [-0.1, -0.05) is 37.6 Å². The molecule has 1 aromatic carbocycles. The number of carboxylic acid groups (broad SMARTS) is 1. The molecule has 0 aromatic heterocycles. The monoisotopic (exact) mass is 301 g/mol. The van der Waals surface area contributed by atoms with E-state index < -0.39 is 11.4 Å². The minimum absolute atomic E-state index is 0.00312. The van der Waals surface area contributed by atoms with Crippen LogP contribution < -0.4 is 5.32 Å². The van der Waals surface area contributed by atoms with Crippen LogP contribution in [0.1, 0.15) is 56.2 Å².